The molecule has 2 heterocycles. The van der Waals surface area contributed by atoms with Crippen LogP contribution in [0.5, 0.6) is 0 Å². The molecule has 5 heteroatoms. The second-order valence-corrected chi connectivity index (χ2v) is 5.51. The van der Waals surface area contributed by atoms with Gasteiger partial charge in [-0.15, -0.1) is 21.5 Å². The zero-order chi connectivity index (χ0) is 11.7. The summed E-state index contributed by atoms with van der Waals surface area (Å²) in [5.41, 5.74) is 4.17. The molecule has 0 aliphatic rings. The lowest BCUT2D eigenvalue weighted by Gasteiger charge is -1.95. The predicted molar refractivity (Wildman–Crippen MR) is 71.2 cm³/mol. The van der Waals surface area contributed by atoms with Gasteiger partial charge in [0.05, 0.1) is 10.4 Å². The Kier molecular flexibility index (Phi) is 2.70. The van der Waals surface area contributed by atoms with E-state index in [4.69, 9.17) is 0 Å². The van der Waals surface area contributed by atoms with Crippen molar-refractivity contribution < 1.29 is 0 Å². The summed E-state index contributed by atoms with van der Waals surface area (Å²) in [6, 6.07) is 8.32. The molecular formula is C12H9N3S2. The Morgan fingerprint density at radius 3 is 2.47 bits per heavy atom. The van der Waals surface area contributed by atoms with E-state index < -0.39 is 0 Å². The summed E-state index contributed by atoms with van der Waals surface area (Å²) < 4.78 is 0. The number of nitrogens with zero attached hydrogens (tertiary/aromatic N) is 3. The van der Waals surface area contributed by atoms with Gasteiger partial charge < -0.3 is 0 Å². The number of rotatable bonds is 2. The quantitative estimate of drug-likeness (QED) is 0.705. The second kappa shape index (κ2) is 4.35. The molecule has 0 saturated carbocycles. The summed E-state index contributed by atoms with van der Waals surface area (Å²) in [6.07, 6.45) is 1.82. The molecule has 0 saturated heterocycles. The summed E-state index contributed by atoms with van der Waals surface area (Å²) in [7, 11) is 0. The molecule has 0 bridgehead atoms. The Labute approximate surface area is 107 Å². The largest absolute Gasteiger partial charge is 0.252 e. The van der Waals surface area contributed by atoms with Crippen LogP contribution >= 0.6 is 22.7 Å². The lowest BCUT2D eigenvalue weighted by Crippen LogP contribution is -1.77. The predicted octanol–water partition coefficient (Wildman–Crippen LogP) is 3.64. The van der Waals surface area contributed by atoms with Gasteiger partial charge in [-0.05, 0) is 6.92 Å². The minimum absolute atomic E-state index is 0.933. The molecule has 0 N–H and O–H groups in total. The lowest BCUT2D eigenvalue weighted by molar-refractivity contribution is 1.10. The maximum absolute atomic E-state index is 4.22. The average molecular weight is 259 g/mol. The van der Waals surface area contributed by atoms with Gasteiger partial charge in [0, 0.05) is 11.8 Å². The number of hydrogen-bond acceptors (Lipinski definition) is 5. The van der Waals surface area contributed by atoms with Crippen molar-refractivity contribution >= 4 is 22.7 Å². The summed E-state index contributed by atoms with van der Waals surface area (Å²) in [5.74, 6) is 0. The van der Waals surface area contributed by atoms with Crippen LogP contribution in [0, 0.1) is 6.92 Å². The first-order valence-electron chi connectivity index (χ1n) is 5.12. The summed E-state index contributed by atoms with van der Waals surface area (Å²) >= 11 is 3.18. The molecule has 1 aromatic carbocycles. The maximum atomic E-state index is 4.22. The van der Waals surface area contributed by atoms with Crippen LogP contribution in [-0.2, 0) is 0 Å². The monoisotopic (exact) mass is 259 g/mol. The Morgan fingerprint density at radius 1 is 1.00 bits per heavy atom. The van der Waals surface area contributed by atoms with E-state index in [0.29, 0.717) is 0 Å². The minimum atomic E-state index is 0.933. The first kappa shape index (κ1) is 10.6. The van der Waals surface area contributed by atoms with Crippen molar-refractivity contribution in [3.8, 4) is 20.5 Å². The van der Waals surface area contributed by atoms with Gasteiger partial charge in [0.25, 0.3) is 0 Å². The first-order chi connectivity index (χ1) is 8.33. The van der Waals surface area contributed by atoms with E-state index in [2.05, 4.69) is 46.4 Å². The fourth-order valence-corrected chi connectivity index (χ4v) is 2.98. The van der Waals surface area contributed by atoms with Crippen molar-refractivity contribution in [1.82, 2.24) is 15.2 Å². The van der Waals surface area contributed by atoms with Crippen LogP contribution in [0.2, 0.25) is 0 Å². The zero-order valence-corrected chi connectivity index (χ0v) is 10.8. The summed E-state index contributed by atoms with van der Waals surface area (Å²) in [6.45, 7) is 2.08. The summed E-state index contributed by atoms with van der Waals surface area (Å²) in [5, 5.41) is 10.3. The van der Waals surface area contributed by atoms with Crippen LogP contribution in [0.4, 0.5) is 0 Å². The highest BCUT2D eigenvalue weighted by Crippen LogP contribution is 2.31. The van der Waals surface area contributed by atoms with Crippen LogP contribution in [0.1, 0.15) is 5.56 Å². The number of aryl methyl sites for hydroxylation is 1. The molecule has 0 radical (unpaired) electrons. The molecule has 0 fully saturated rings. The molecule has 2 aromatic heterocycles. The second-order valence-electron chi connectivity index (χ2n) is 3.64. The number of aromatic nitrogens is 3. The minimum Gasteiger partial charge on any atom is -0.252 e. The van der Waals surface area contributed by atoms with Crippen LogP contribution in [0.3, 0.4) is 0 Å². The maximum Gasteiger partial charge on any atom is 0.159 e. The highest BCUT2D eigenvalue weighted by Gasteiger charge is 2.09. The van der Waals surface area contributed by atoms with Crippen molar-refractivity contribution in [2.75, 3.05) is 0 Å². The van der Waals surface area contributed by atoms with Crippen molar-refractivity contribution in [1.29, 1.82) is 0 Å². The smallest absolute Gasteiger partial charge is 0.159 e. The third kappa shape index (κ3) is 2.11. The van der Waals surface area contributed by atoms with Crippen LogP contribution in [0.15, 0.2) is 36.0 Å². The van der Waals surface area contributed by atoms with E-state index >= 15 is 0 Å². The Morgan fingerprint density at radius 2 is 1.76 bits per heavy atom. The van der Waals surface area contributed by atoms with Gasteiger partial charge in [0.2, 0.25) is 0 Å². The lowest BCUT2D eigenvalue weighted by atomic mass is 10.2. The molecule has 0 aliphatic carbocycles. The zero-order valence-electron chi connectivity index (χ0n) is 9.12. The Balaban J connectivity index is 1.98. The van der Waals surface area contributed by atoms with E-state index in [1.807, 2.05) is 11.7 Å². The third-order valence-corrected chi connectivity index (χ3v) is 4.28. The van der Waals surface area contributed by atoms with Gasteiger partial charge in [-0.3, -0.25) is 4.98 Å². The highest BCUT2D eigenvalue weighted by atomic mass is 32.1. The van der Waals surface area contributed by atoms with E-state index in [1.165, 1.54) is 5.56 Å². The SMILES string of the molecule is Cc1ccc(-c2nnc(-c3cncs3)s2)cc1. The van der Waals surface area contributed by atoms with Crippen LogP contribution in [-0.4, -0.2) is 15.2 Å². The standard InChI is InChI=1S/C12H9N3S2/c1-8-2-4-9(5-3-8)11-14-15-12(17-11)10-6-13-7-16-10/h2-7H,1H3. The van der Waals surface area contributed by atoms with E-state index in [0.717, 1.165) is 20.5 Å². The summed E-state index contributed by atoms with van der Waals surface area (Å²) in [4.78, 5) is 5.12. The van der Waals surface area contributed by atoms with Gasteiger partial charge in [0.1, 0.15) is 5.01 Å². The molecule has 0 atom stereocenters. The Bertz CT molecular complexity index is 612. The highest BCUT2D eigenvalue weighted by molar-refractivity contribution is 7.22. The average Bonchev–Trinajstić information content (AvgIpc) is 3.00. The number of benzene rings is 1. The Hall–Kier alpha value is -1.59. The van der Waals surface area contributed by atoms with Gasteiger partial charge in [-0.1, -0.05) is 41.2 Å². The van der Waals surface area contributed by atoms with Gasteiger partial charge in [-0.25, -0.2) is 0 Å². The van der Waals surface area contributed by atoms with Gasteiger partial charge in [0.15, 0.2) is 5.01 Å². The number of hydrogen-bond donors (Lipinski definition) is 0. The molecule has 0 aliphatic heterocycles. The topological polar surface area (TPSA) is 38.7 Å². The first-order valence-corrected chi connectivity index (χ1v) is 6.82. The van der Waals surface area contributed by atoms with E-state index in [1.54, 1.807) is 22.7 Å². The fourth-order valence-electron chi connectivity index (χ4n) is 1.46. The van der Waals surface area contributed by atoms with E-state index in [-0.39, 0.29) is 0 Å². The van der Waals surface area contributed by atoms with Gasteiger partial charge in [-0.2, -0.15) is 0 Å². The molecule has 0 spiro atoms. The molecule has 3 nitrogen and oxygen atoms in total. The van der Waals surface area contributed by atoms with Crippen molar-refractivity contribution in [2.45, 2.75) is 6.92 Å². The number of thiazole rings is 1. The van der Waals surface area contributed by atoms with Crippen LogP contribution < -0.4 is 0 Å². The molecule has 3 rings (SSSR count). The molecule has 17 heavy (non-hydrogen) atoms. The molecule has 0 unspecified atom stereocenters. The molecule has 3 aromatic rings. The van der Waals surface area contributed by atoms with Crippen LogP contribution in [0.25, 0.3) is 20.5 Å². The van der Waals surface area contributed by atoms with E-state index in [9.17, 15) is 0 Å². The third-order valence-electron chi connectivity index (χ3n) is 2.37. The molecule has 84 valence electrons. The van der Waals surface area contributed by atoms with Crippen molar-refractivity contribution in [3.63, 3.8) is 0 Å². The van der Waals surface area contributed by atoms with Crippen molar-refractivity contribution in [3.05, 3.63) is 41.5 Å². The van der Waals surface area contributed by atoms with Gasteiger partial charge >= 0.3 is 0 Å². The molecular weight excluding hydrogens is 250 g/mol. The molecule has 0 amide bonds. The fraction of sp³-hybridized carbons (Fsp3) is 0.0833. The normalized spacial score (nSPS) is 10.6. The van der Waals surface area contributed by atoms with Crippen molar-refractivity contribution in [2.24, 2.45) is 0 Å².